The Hall–Kier alpha value is -2.41. The van der Waals surface area contributed by atoms with Crippen LogP contribution < -0.4 is 5.32 Å². The summed E-state index contributed by atoms with van der Waals surface area (Å²) in [6, 6.07) is 7.79. The van der Waals surface area contributed by atoms with Gasteiger partial charge in [0.25, 0.3) is 0 Å². The van der Waals surface area contributed by atoms with Crippen molar-refractivity contribution in [2.75, 3.05) is 5.32 Å². The Morgan fingerprint density at radius 1 is 1.25 bits per heavy atom. The van der Waals surface area contributed by atoms with Crippen LogP contribution in [0, 0.1) is 13.8 Å². The molecule has 0 saturated carbocycles. The van der Waals surface area contributed by atoms with Crippen LogP contribution in [0.5, 0.6) is 0 Å². The Morgan fingerprint density at radius 2 is 2.00 bits per heavy atom. The van der Waals surface area contributed by atoms with Gasteiger partial charge >= 0.3 is 0 Å². The van der Waals surface area contributed by atoms with Crippen LogP contribution in [-0.4, -0.2) is 30.9 Å². The van der Waals surface area contributed by atoms with Crippen LogP contribution >= 0.6 is 11.8 Å². The summed E-state index contributed by atoms with van der Waals surface area (Å²) < 4.78 is 1.76. The molecule has 1 amide bonds. The van der Waals surface area contributed by atoms with Gasteiger partial charge in [0.05, 0.1) is 27.8 Å². The second-order valence-corrected chi connectivity index (χ2v) is 6.94. The summed E-state index contributed by atoms with van der Waals surface area (Å²) in [6.45, 7) is 5.70. The highest BCUT2D eigenvalue weighted by Gasteiger charge is 2.20. The van der Waals surface area contributed by atoms with Crippen molar-refractivity contribution in [3.05, 3.63) is 42.0 Å². The monoisotopic (exact) mass is 341 g/mol. The largest absolute Gasteiger partial charge is 0.322 e. The zero-order valence-electron chi connectivity index (χ0n) is 14.1. The van der Waals surface area contributed by atoms with Gasteiger partial charge in [0.1, 0.15) is 11.4 Å². The molecule has 2 heterocycles. The van der Waals surface area contributed by atoms with Crippen LogP contribution in [0.1, 0.15) is 18.3 Å². The molecular formula is C17H19N5OS. The number of para-hydroxylation sites is 1. The van der Waals surface area contributed by atoms with Crippen molar-refractivity contribution >= 4 is 34.3 Å². The Balaban J connectivity index is 1.79. The molecule has 0 aliphatic carbocycles. The number of hydrogen-bond donors (Lipinski definition) is 1. The number of aryl methyl sites for hydroxylation is 2. The van der Waals surface area contributed by atoms with E-state index in [1.54, 1.807) is 4.68 Å². The molecule has 0 saturated heterocycles. The normalized spacial score (nSPS) is 12.3. The molecule has 1 atom stereocenters. The highest BCUT2D eigenvalue weighted by atomic mass is 32.2. The van der Waals surface area contributed by atoms with Crippen molar-refractivity contribution in [3.63, 3.8) is 0 Å². The van der Waals surface area contributed by atoms with E-state index >= 15 is 0 Å². The van der Waals surface area contributed by atoms with Gasteiger partial charge in [-0.05, 0) is 26.8 Å². The maximum Gasteiger partial charge on any atom is 0.237 e. The summed E-state index contributed by atoms with van der Waals surface area (Å²) in [5.41, 5.74) is 3.41. The second kappa shape index (κ2) is 6.60. The summed E-state index contributed by atoms with van der Waals surface area (Å²) in [7, 11) is 1.86. The van der Waals surface area contributed by atoms with Crippen molar-refractivity contribution < 1.29 is 4.79 Å². The topological polar surface area (TPSA) is 72.7 Å². The SMILES string of the molecule is Cc1nn(C)c(C)c1NC(=O)[C@H](C)Sc1ncnc2ccccc12. The molecule has 0 radical (unpaired) electrons. The van der Waals surface area contributed by atoms with Gasteiger partial charge < -0.3 is 5.32 Å². The van der Waals surface area contributed by atoms with Gasteiger partial charge in [-0.25, -0.2) is 9.97 Å². The summed E-state index contributed by atoms with van der Waals surface area (Å²) in [6.07, 6.45) is 1.53. The minimum Gasteiger partial charge on any atom is -0.322 e. The lowest BCUT2D eigenvalue weighted by atomic mass is 10.2. The lowest BCUT2D eigenvalue weighted by molar-refractivity contribution is -0.115. The van der Waals surface area contributed by atoms with Crippen molar-refractivity contribution in [1.82, 2.24) is 19.7 Å². The first-order valence-electron chi connectivity index (χ1n) is 7.65. The standard InChI is InChI=1S/C17H19N5OS/c1-10-15(11(2)22(4)21-10)20-16(23)12(3)24-17-13-7-5-6-8-14(13)18-9-19-17/h5-9,12H,1-4H3,(H,20,23)/t12-/m0/s1. The predicted molar refractivity (Wildman–Crippen MR) is 96.2 cm³/mol. The third kappa shape index (κ3) is 3.12. The minimum atomic E-state index is -0.290. The smallest absolute Gasteiger partial charge is 0.237 e. The quantitative estimate of drug-likeness (QED) is 0.583. The lowest BCUT2D eigenvalue weighted by Crippen LogP contribution is -2.23. The van der Waals surface area contributed by atoms with Gasteiger partial charge in [0, 0.05) is 12.4 Å². The maximum absolute atomic E-state index is 12.6. The highest BCUT2D eigenvalue weighted by Crippen LogP contribution is 2.29. The number of thioether (sulfide) groups is 1. The van der Waals surface area contributed by atoms with E-state index in [1.807, 2.05) is 52.1 Å². The molecule has 0 unspecified atom stereocenters. The van der Waals surface area contributed by atoms with Crippen LogP contribution in [0.2, 0.25) is 0 Å². The number of benzene rings is 1. The number of anilines is 1. The molecule has 3 rings (SSSR count). The number of carbonyl (C=O) groups is 1. The molecule has 0 aliphatic rings. The van der Waals surface area contributed by atoms with E-state index in [1.165, 1.54) is 18.1 Å². The molecule has 0 spiro atoms. The molecule has 6 nitrogen and oxygen atoms in total. The summed E-state index contributed by atoms with van der Waals surface area (Å²) in [5.74, 6) is -0.0677. The van der Waals surface area contributed by atoms with Crippen molar-refractivity contribution in [2.45, 2.75) is 31.0 Å². The van der Waals surface area contributed by atoms with E-state index < -0.39 is 0 Å². The zero-order valence-corrected chi connectivity index (χ0v) is 14.9. The van der Waals surface area contributed by atoms with Gasteiger partial charge in [-0.2, -0.15) is 5.10 Å². The van der Waals surface area contributed by atoms with Gasteiger partial charge in [-0.1, -0.05) is 30.0 Å². The summed E-state index contributed by atoms with van der Waals surface area (Å²) in [5, 5.41) is 8.78. The first-order chi connectivity index (χ1) is 11.5. The first-order valence-corrected chi connectivity index (χ1v) is 8.53. The molecule has 3 aromatic rings. The van der Waals surface area contributed by atoms with E-state index in [4.69, 9.17) is 0 Å². The molecule has 24 heavy (non-hydrogen) atoms. The van der Waals surface area contributed by atoms with Gasteiger partial charge in [-0.15, -0.1) is 0 Å². The lowest BCUT2D eigenvalue weighted by Gasteiger charge is -2.13. The number of fused-ring (bicyclic) bond motifs is 1. The van der Waals surface area contributed by atoms with Crippen molar-refractivity contribution in [2.24, 2.45) is 7.05 Å². The van der Waals surface area contributed by atoms with E-state index in [2.05, 4.69) is 20.4 Å². The van der Waals surface area contributed by atoms with Crippen LogP contribution in [-0.2, 0) is 11.8 Å². The Kier molecular flexibility index (Phi) is 4.53. The van der Waals surface area contributed by atoms with Crippen LogP contribution in [0.3, 0.4) is 0 Å². The number of nitrogens with zero attached hydrogens (tertiary/aromatic N) is 4. The van der Waals surface area contributed by atoms with E-state index in [0.717, 1.165) is 33.0 Å². The Labute approximate surface area is 144 Å². The molecule has 1 aromatic carbocycles. The molecular weight excluding hydrogens is 322 g/mol. The van der Waals surface area contributed by atoms with Crippen molar-refractivity contribution in [1.29, 1.82) is 0 Å². The molecule has 2 aromatic heterocycles. The van der Waals surface area contributed by atoms with Crippen molar-refractivity contribution in [3.8, 4) is 0 Å². The molecule has 0 fully saturated rings. The Bertz CT molecular complexity index is 900. The van der Waals surface area contributed by atoms with Gasteiger partial charge in [0.15, 0.2) is 0 Å². The minimum absolute atomic E-state index is 0.0677. The molecule has 1 N–H and O–H groups in total. The molecule has 124 valence electrons. The molecule has 7 heteroatoms. The van der Waals surface area contributed by atoms with Gasteiger partial charge in [0.2, 0.25) is 5.91 Å². The average molecular weight is 341 g/mol. The number of amides is 1. The fraction of sp³-hybridized carbons (Fsp3) is 0.294. The van der Waals surface area contributed by atoms with E-state index in [9.17, 15) is 4.79 Å². The van der Waals surface area contributed by atoms with Crippen LogP contribution in [0.15, 0.2) is 35.6 Å². The summed E-state index contributed by atoms with van der Waals surface area (Å²) >= 11 is 1.43. The molecule has 0 bridgehead atoms. The number of rotatable bonds is 4. The van der Waals surface area contributed by atoms with E-state index in [0.29, 0.717) is 0 Å². The third-order valence-electron chi connectivity index (χ3n) is 3.92. The number of nitrogens with one attached hydrogen (secondary N) is 1. The van der Waals surface area contributed by atoms with Crippen LogP contribution in [0.25, 0.3) is 10.9 Å². The highest BCUT2D eigenvalue weighted by molar-refractivity contribution is 8.00. The fourth-order valence-electron chi connectivity index (χ4n) is 2.47. The zero-order chi connectivity index (χ0) is 17.3. The maximum atomic E-state index is 12.6. The van der Waals surface area contributed by atoms with Crippen LogP contribution in [0.4, 0.5) is 5.69 Å². The number of carbonyl (C=O) groups excluding carboxylic acids is 1. The molecule has 0 aliphatic heterocycles. The summed E-state index contributed by atoms with van der Waals surface area (Å²) in [4.78, 5) is 21.1. The first kappa shape index (κ1) is 16.4. The predicted octanol–water partition coefficient (Wildman–Crippen LogP) is 3.10. The number of hydrogen-bond acceptors (Lipinski definition) is 5. The Morgan fingerprint density at radius 3 is 2.71 bits per heavy atom. The second-order valence-electron chi connectivity index (χ2n) is 5.61. The number of aromatic nitrogens is 4. The fourth-order valence-corrected chi connectivity index (χ4v) is 3.38. The van der Waals surface area contributed by atoms with E-state index in [-0.39, 0.29) is 11.2 Å². The average Bonchev–Trinajstić information content (AvgIpc) is 2.81. The van der Waals surface area contributed by atoms with Gasteiger partial charge in [-0.3, -0.25) is 9.48 Å². The third-order valence-corrected chi connectivity index (χ3v) is 5.04.